The number of hydrogen-bond acceptors (Lipinski definition) is 5. The number of anilines is 1. The Bertz CT molecular complexity index is 845. The topological polar surface area (TPSA) is 56.5 Å². The Hall–Kier alpha value is -2.21. The van der Waals surface area contributed by atoms with Crippen molar-refractivity contribution in [1.29, 1.82) is 0 Å². The van der Waals surface area contributed by atoms with Crippen LogP contribution in [0.5, 0.6) is 11.5 Å². The van der Waals surface area contributed by atoms with Crippen LogP contribution in [0.25, 0.3) is 11.0 Å². The zero-order valence-electron chi connectivity index (χ0n) is 13.1. The van der Waals surface area contributed by atoms with Crippen molar-refractivity contribution in [3.05, 3.63) is 45.9 Å². The van der Waals surface area contributed by atoms with Crippen molar-refractivity contribution in [2.45, 2.75) is 13.5 Å². The maximum Gasteiger partial charge on any atom is 0.177 e. The fraction of sp³-hybridized carbons (Fsp3) is 0.235. The van der Waals surface area contributed by atoms with Gasteiger partial charge in [0, 0.05) is 6.54 Å². The summed E-state index contributed by atoms with van der Waals surface area (Å²) >= 11 is 3.50. The molecule has 120 valence electrons. The number of hydrogen-bond donors (Lipinski definition) is 1. The second-order valence-corrected chi connectivity index (χ2v) is 6.05. The van der Waals surface area contributed by atoms with Crippen LogP contribution in [0, 0.1) is 6.92 Å². The van der Waals surface area contributed by atoms with Gasteiger partial charge in [0.2, 0.25) is 0 Å². The Labute approximate surface area is 142 Å². The van der Waals surface area contributed by atoms with E-state index in [4.69, 9.17) is 14.0 Å². The lowest BCUT2D eigenvalue weighted by molar-refractivity contribution is 0.352. The fourth-order valence-electron chi connectivity index (χ4n) is 2.44. The van der Waals surface area contributed by atoms with E-state index in [0.29, 0.717) is 18.0 Å². The summed E-state index contributed by atoms with van der Waals surface area (Å²) in [5, 5.41) is 8.38. The number of fused-ring (bicyclic) bond motifs is 1. The summed E-state index contributed by atoms with van der Waals surface area (Å²) < 4.78 is 16.9. The average Bonchev–Trinajstić information content (AvgIpc) is 2.94. The molecule has 0 fully saturated rings. The van der Waals surface area contributed by atoms with Gasteiger partial charge in [0.05, 0.1) is 24.1 Å². The molecule has 0 radical (unpaired) electrons. The first-order chi connectivity index (χ1) is 11.1. The summed E-state index contributed by atoms with van der Waals surface area (Å²) in [6.45, 7) is 2.64. The van der Waals surface area contributed by atoms with Gasteiger partial charge < -0.3 is 19.3 Å². The van der Waals surface area contributed by atoms with Crippen LogP contribution in [0.15, 0.2) is 39.3 Å². The molecule has 2 aromatic carbocycles. The molecule has 1 N–H and O–H groups in total. The number of benzene rings is 2. The summed E-state index contributed by atoms with van der Waals surface area (Å²) in [7, 11) is 3.24. The number of rotatable bonds is 5. The molecule has 0 bridgehead atoms. The SMILES string of the molecule is COc1cc(CNc2noc3ccc(C)cc23)cc(Br)c1OC. The summed E-state index contributed by atoms with van der Waals surface area (Å²) in [6.07, 6.45) is 0. The molecule has 0 saturated carbocycles. The molecule has 0 aliphatic heterocycles. The third-order valence-electron chi connectivity index (χ3n) is 3.58. The third-order valence-corrected chi connectivity index (χ3v) is 4.17. The number of aromatic nitrogens is 1. The van der Waals surface area contributed by atoms with Crippen molar-refractivity contribution >= 4 is 32.7 Å². The second-order valence-electron chi connectivity index (χ2n) is 5.20. The van der Waals surface area contributed by atoms with Gasteiger partial charge >= 0.3 is 0 Å². The van der Waals surface area contributed by atoms with Crippen molar-refractivity contribution < 1.29 is 14.0 Å². The van der Waals surface area contributed by atoms with Gasteiger partial charge in [0.15, 0.2) is 22.9 Å². The van der Waals surface area contributed by atoms with E-state index >= 15 is 0 Å². The predicted octanol–water partition coefficient (Wildman–Crippen LogP) is 4.53. The zero-order valence-corrected chi connectivity index (χ0v) is 14.7. The van der Waals surface area contributed by atoms with Crippen molar-refractivity contribution in [2.24, 2.45) is 0 Å². The normalized spacial score (nSPS) is 10.8. The first kappa shape index (κ1) is 15.7. The maximum absolute atomic E-state index is 5.36. The molecule has 3 rings (SSSR count). The molecule has 0 spiro atoms. The van der Waals surface area contributed by atoms with Crippen LogP contribution >= 0.6 is 15.9 Å². The number of methoxy groups -OCH3 is 2. The van der Waals surface area contributed by atoms with E-state index in [2.05, 4.69) is 32.5 Å². The van der Waals surface area contributed by atoms with E-state index in [1.165, 1.54) is 0 Å². The zero-order chi connectivity index (χ0) is 16.4. The molecule has 1 aromatic heterocycles. The highest BCUT2D eigenvalue weighted by atomic mass is 79.9. The van der Waals surface area contributed by atoms with Crippen LogP contribution in [0.3, 0.4) is 0 Å². The first-order valence-corrected chi connectivity index (χ1v) is 7.92. The molecule has 23 heavy (non-hydrogen) atoms. The fourth-order valence-corrected chi connectivity index (χ4v) is 3.09. The van der Waals surface area contributed by atoms with Crippen LogP contribution in [0.2, 0.25) is 0 Å². The van der Waals surface area contributed by atoms with Crippen molar-refractivity contribution in [3.8, 4) is 11.5 Å². The standard InChI is InChI=1S/C17H17BrN2O3/c1-10-4-5-14-12(6-10)17(20-23-14)19-9-11-7-13(18)16(22-3)15(8-11)21-2/h4-8H,9H2,1-3H3,(H,19,20). The molecule has 0 aliphatic carbocycles. The Morgan fingerprint density at radius 2 is 2.00 bits per heavy atom. The Kier molecular flexibility index (Phi) is 4.43. The summed E-state index contributed by atoms with van der Waals surface area (Å²) in [5.74, 6) is 2.09. The van der Waals surface area contributed by atoms with Gasteiger partial charge in [-0.1, -0.05) is 16.8 Å². The van der Waals surface area contributed by atoms with E-state index in [-0.39, 0.29) is 0 Å². The minimum atomic E-state index is 0.592. The van der Waals surface area contributed by atoms with E-state index in [9.17, 15) is 0 Å². The lowest BCUT2D eigenvalue weighted by Gasteiger charge is -2.12. The molecule has 0 atom stereocenters. The molecular formula is C17H17BrN2O3. The van der Waals surface area contributed by atoms with Crippen molar-refractivity contribution in [2.75, 3.05) is 19.5 Å². The Morgan fingerprint density at radius 1 is 1.17 bits per heavy atom. The molecular weight excluding hydrogens is 360 g/mol. The van der Waals surface area contributed by atoms with Crippen LogP contribution in [0.1, 0.15) is 11.1 Å². The first-order valence-electron chi connectivity index (χ1n) is 7.12. The molecule has 0 saturated heterocycles. The molecule has 3 aromatic rings. The minimum absolute atomic E-state index is 0.592. The number of aryl methyl sites for hydroxylation is 1. The van der Waals surface area contributed by atoms with Crippen molar-refractivity contribution in [1.82, 2.24) is 5.16 Å². The monoisotopic (exact) mass is 376 g/mol. The van der Waals surface area contributed by atoms with Crippen LogP contribution < -0.4 is 14.8 Å². The molecule has 5 nitrogen and oxygen atoms in total. The maximum atomic E-state index is 5.36. The van der Waals surface area contributed by atoms with E-state index < -0.39 is 0 Å². The van der Waals surface area contributed by atoms with Crippen LogP contribution in [0.4, 0.5) is 5.82 Å². The summed E-state index contributed by atoms with van der Waals surface area (Å²) in [6, 6.07) is 9.91. The summed E-state index contributed by atoms with van der Waals surface area (Å²) in [4.78, 5) is 0. The highest BCUT2D eigenvalue weighted by Gasteiger charge is 2.12. The number of ether oxygens (including phenoxy) is 2. The smallest absolute Gasteiger partial charge is 0.177 e. The second kappa shape index (κ2) is 6.50. The van der Waals surface area contributed by atoms with Gasteiger partial charge in [0.1, 0.15) is 0 Å². The molecule has 0 unspecified atom stereocenters. The molecule has 0 amide bonds. The number of nitrogens with one attached hydrogen (secondary N) is 1. The Balaban J connectivity index is 1.85. The number of halogens is 1. The largest absolute Gasteiger partial charge is 0.493 e. The highest BCUT2D eigenvalue weighted by Crippen LogP contribution is 2.36. The molecule has 1 heterocycles. The van der Waals surface area contributed by atoms with Gasteiger partial charge in [-0.15, -0.1) is 0 Å². The van der Waals surface area contributed by atoms with Crippen LogP contribution in [-0.4, -0.2) is 19.4 Å². The van der Waals surface area contributed by atoms with Gasteiger partial charge in [-0.2, -0.15) is 0 Å². The highest BCUT2D eigenvalue weighted by molar-refractivity contribution is 9.10. The third kappa shape index (κ3) is 3.12. The van der Waals surface area contributed by atoms with E-state index in [0.717, 1.165) is 32.4 Å². The van der Waals surface area contributed by atoms with Gasteiger partial charge in [-0.25, -0.2) is 0 Å². The lowest BCUT2D eigenvalue weighted by Crippen LogP contribution is -2.01. The average molecular weight is 377 g/mol. The molecule has 6 heteroatoms. The van der Waals surface area contributed by atoms with Gasteiger partial charge in [-0.3, -0.25) is 0 Å². The quantitative estimate of drug-likeness (QED) is 0.708. The lowest BCUT2D eigenvalue weighted by atomic mass is 10.1. The van der Waals surface area contributed by atoms with E-state index in [1.54, 1.807) is 14.2 Å². The van der Waals surface area contributed by atoms with Crippen molar-refractivity contribution in [3.63, 3.8) is 0 Å². The van der Waals surface area contributed by atoms with Gasteiger partial charge in [0.25, 0.3) is 0 Å². The number of nitrogens with zero attached hydrogens (tertiary/aromatic N) is 1. The Morgan fingerprint density at radius 3 is 2.74 bits per heavy atom. The van der Waals surface area contributed by atoms with Crippen LogP contribution in [-0.2, 0) is 6.54 Å². The van der Waals surface area contributed by atoms with E-state index in [1.807, 2.05) is 31.2 Å². The molecule has 0 aliphatic rings. The minimum Gasteiger partial charge on any atom is -0.493 e. The summed E-state index contributed by atoms with van der Waals surface area (Å²) in [5.41, 5.74) is 2.97. The van der Waals surface area contributed by atoms with Gasteiger partial charge in [-0.05, 0) is 52.7 Å². The predicted molar refractivity (Wildman–Crippen MR) is 93.3 cm³/mol.